The molecule has 10 aromatic rings. The van der Waals surface area contributed by atoms with Crippen molar-refractivity contribution in [3.63, 3.8) is 0 Å². The van der Waals surface area contributed by atoms with Crippen molar-refractivity contribution in [2.24, 2.45) is 0 Å². The molecular formula is C42H24OS. The SMILES string of the molecule is c1ccc2cc3c(cc2c1)sc1ccc(-c2c4ccccc4c(-c4ccc5c(c4)oc4ccccc45)c4ccccc24)cc13. The summed E-state index contributed by atoms with van der Waals surface area (Å²) in [5.74, 6) is 0. The zero-order valence-electron chi connectivity index (χ0n) is 23.7. The van der Waals surface area contributed by atoms with Crippen LogP contribution < -0.4 is 0 Å². The van der Waals surface area contributed by atoms with Crippen LogP contribution in [0.3, 0.4) is 0 Å². The average molecular weight is 577 g/mol. The van der Waals surface area contributed by atoms with E-state index < -0.39 is 0 Å². The molecule has 2 heteroatoms. The second-order valence-electron chi connectivity index (χ2n) is 11.7. The van der Waals surface area contributed by atoms with Crippen LogP contribution in [-0.2, 0) is 0 Å². The summed E-state index contributed by atoms with van der Waals surface area (Å²) in [6.07, 6.45) is 0. The minimum Gasteiger partial charge on any atom is -0.456 e. The first-order valence-electron chi connectivity index (χ1n) is 15.0. The van der Waals surface area contributed by atoms with E-state index in [0.29, 0.717) is 0 Å². The molecule has 0 aliphatic heterocycles. The summed E-state index contributed by atoms with van der Waals surface area (Å²) in [7, 11) is 0. The average Bonchev–Trinajstić information content (AvgIpc) is 3.62. The predicted octanol–water partition coefficient (Wildman–Crippen LogP) is 12.7. The lowest BCUT2D eigenvalue weighted by molar-refractivity contribution is 0.669. The Labute approximate surface area is 257 Å². The van der Waals surface area contributed by atoms with E-state index in [-0.39, 0.29) is 0 Å². The highest BCUT2D eigenvalue weighted by atomic mass is 32.1. The van der Waals surface area contributed by atoms with Gasteiger partial charge in [0.25, 0.3) is 0 Å². The molecule has 10 rings (SSSR count). The minimum absolute atomic E-state index is 0.920. The van der Waals surface area contributed by atoms with Crippen LogP contribution in [0, 0.1) is 0 Å². The van der Waals surface area contributed by atoms with Crippen molar-refractivity contribution in [3.05, 3.63) is 146 Å². The molecule has 0 unspecified atom stereocenters. The Morgan fingerprint density at radius 2 is 0.864 bits per heavy atom. The Morgan fingerprint density at radius 1 is 0.341 bits per heavy atom. The quantitative estimate of drug-likeness (QED) is 0.187. The number of hydrogen-bond donors (Lipinski definition) is 0. The monoisotopic (exact) mass is 576 g/mol. The molecule has 0 spiro atoms. The van der Waals surface area contributed by atoms with E-state index in [1.807, 2.05) is 23.5 Å². The molecule has 0 amide bonds. The van der Waals surface area contributed by atoms with Gasteiger partial charge >= 0.3 is 0 Å². The Hall–Kier alpha value is -5.44. The first-order chi connectivity index (χ1) is 21.8. The third kappa shape index (κ3) is 3.40. The van der Waals surface area contributed by atoms with Gasteiger partial charge in [0.15, 0.2) is 0 Å². The first-order valence-corrected chi connectivity index (χ1v) is 15.8. The van der Waals surface area contributed by atoms with E-state index in [2.05, 4.69) is 133 Å². The third-order valence-corrected chi connectivity index (χ3v) is 10.4. The normalized spacial score (nSPS) is 12.1. The Morgan fingerprint density at radius 3 is 1.57 bits per heavy atom. The zero-order chi connectivity index (χ0) is 28.8. The van der Waals surface area contributed by atoms with Crippen LogP contribution in [0.1, 0.15) is 0 Å². The summed E-state index contributed by atoms with van der Waals surface area (Å²) in [5, 5.41) is 12.5. The van der Waals surface area contributed by atoms with E-state index in [0.717, 1.165) is 21.9 Å². The van der Waals surface area contributed by atoms with E-state index in [9.17, 15) is 0 Å². The largest absolute Gasteiger partial charge is 0.456 e. The molecule has 0 aliphatic rings. The second kappa shape index (κ2) is 9.03. The molecule has 0 aliphatic carbocycles. The summed E-state index contributed by atoms with van der Waals surface area (Å²) < 4.78 is 8.99. The lowest BCUT2D eigenvalue weighted by atomic mass is 9.85. The topological polar surface area (TPSA) is 13.1 Å². The summed E-state index contributed by atoms with van der Waals surface area (Å²) in [6, 6.07) is 53.1. The van der Waals surface area contributed by atoms with Gasteiger partial charge in [-0.2, -0.15) is 0 Å². The number of benzene rings is 8. The van der Waals surface area contributed by atoms with Gasteiger partial charge in [-0.1, -0.05) is 103 Å². The summed E-state index contributed by atoms with van der Waals surface area (Å²) in [4.78, 5) is 0. The predicted molar refractivity (Wildman–Crippen MR) is 190 cm³/mol. The molecule has 44 heavy (non-hydrogen) atoms. The van der Waals surface area contributed by atoms with Gasteiger partial charge in [0.05, 0.1) is 0 Å². The summed E-state index contributed by atoms with van der Waals surface area (Å²) >= 11 is 1.88. The highest BCUT2D eigenvalue weighted by molar-refractivity contribution is 7.25. The molecule has 8 aromatic carbocycles. The fraction of sp³-hybridized carbons (Fsp3) is 0. The molecule has 1 nitrogen and oxygen atoms in total. The van der Waals surface area contributed by atoms with Crippen LogP contribution in [0.15, 0.2) is 150 Å². The molecule has 0 radical (unpaired) electrons. The maximum absolute atomic E-state index is 6.33. The molecule has 204 valence electrons. The standard InChI is InChI=1S/C42H24OS/c1-2-10-26-24-40-36(21-25(26)9-1)35-22-27(18-20-39(35)44-40)41-31-12-3-5-14-33(31)42(34-15-6-4-13-32(34)41)28-17-19-30-29-11-7-8-16-37(29)43-38(30)23-28/h1-24H. The molecule has 0 N–H and O–H groups in total. The van der Waals surface area contributed by atoms with Gasteiger partial charge in [-0.15, -0.1) is 11.3 Å². The highest BCUT2D eigenvalue weighted by Gasteiger charge is 2.18. The van der Waals surface area contributed by atoms with Crippen LogP contribution in [0.4, 0.5) is 0 Å². The van der Waals surface area contributed by atoms with E-state index in [4.69, 9.17) is 4.42 Å². The van der Waals surface area contributed by atoms with Gasteiger partial charge in [0.2, 0.25) is 0 Å². The lowest BCUT2D eigenvalue weighted by Gasteiger charge is -2.18. The van der Waals surface area contributed by atoms with Gasteiger partial charge in [-0.3, -0.25) is 0 Å². The molecular weight excluding hydrogens is 553 g/mol. The van der Waals surface area contributed by atoms with Gasteiger partial charge in [-0.25, -0.2) is 0 Å². The first kappa shape index (κ1) is 24.0. The zero-order valence-corrected chi connectivity index (χ0v) is 24.5. The maximum Gasteiger partial charge on any atom is 0.136 e. The lowest BCUT2D eigenvalue weighted by Crippen LogP contribution is -1.90. The summed E-state index contributed by atoms with van der Waals surface area (Å²) in [6.45, 7) is 0. The van der Waals surface area contributed by atoms with E-state index >= 15 is 0 Å². The van der Waals surface area contributed by atoms with Crippen molar-refractivity contribution >= 4 is 85.8 Å². The molecule has 0 saturated heterocycles. The van der Waals surface area contributed by atoms with Crippen LogP contribution in [0.2, 0.25) is 0 Å². The Kier molecular flexibility index (Phi) is 4.94. The fourth-order valence-corrected chi connectivity index (χ4v) is 8.37. The number of hydrogen-bond acceptors (Lipinski definition) is 2. The fourth-order valence-electron chi connectivity index (χ4n) is 7.25. The van der Waals surface area contributed by atoms with Gasteiger partial charge in [0.1, 0.15) is 11.2 Å². The van der Waals surface area contributed by atoms with Crippen LogP contribution >= 0.6 is 11.3 Å². The third-order valence-electron chi connectivity index (χ3n) is 9.23. The smallest absolute Gasteiger partial charge is 0.136 e. The molecule has 0 atom stereocenters. The minimum atomic E-state index is 0.920. The second-order valence-corrected chi connectivity index (χ2v) is 12.7. The van der Waals surface area contributed by atoms with E-state index in [1.165, 1.54) is 74.7 Å². The number of furan rings is 1. The highest BCUT2D eigenvalue weighted by Crippen LogP contribution is 2.46. The van der Waals surface area contributed by atoms with E-state index in [1.54, 1.807) is 0 Å². The van der Waals surface area contributed by atoms with Crippen molar-refractivity contribution in [1.82, 2.24) is 0 Å². The summed E-state index contributed by atoms with van der Waals surface area (Å²) in [5.41, 5.74) is 6.79. The molecule has 0 bridgehead atoms. The van der Waals surface area contributed by atoms with Gasteiger partial charge in [0, 0.05) is 30.9 Å². The van der Waals surface area contributed by atoms with Gasteiger partial charge < -0.3 is 4.42 Å². The van der Waals surface area contributed by atoms with Crippen LogP contribution in [-0.4, -0.2) is 0 Å². The molecule has 0 fully saturated rings. The molecule has 2 heterocycles. The van der Waals surface area contributed by atoms with Crippen molar-refractivity contribution in [2.45, 2.75) is 0 Å². The molecule has 0 saturated carbocycles. The van der Waals surface area contributed by atoms with Crippen molar-refractivity contribution in [2.75, 3.05) is 0 Å². The van der Waals surface area contributed by atoms with Crippen molar-refractivity contribution in [1.29, 1.82) is 0 Å². The Balaban J connectivity index is 1.26. The Bertz CT molecular complexity index is 2720. The maximum atomic E-state index is 6.33. The van der Waals surface area contributed by atoms with Crippen molar-refractivity contribution < 1.29 is 4.42 Å². The van der Waals surface area contributed by atoms with Crippen LogP contribution in [0.25, 0.3) is 96.7 Å². The number of para-hydroxylation sites is 1. The van der Waals surface area contributed by atoms with Crippen LogP contribution in [0.5, 0.6) is 0 Å². The number of thiophene rings is 1. The molecule has 2 aromatic heterocycles. The number of rotatable bonds is 2. The number of fused-ring (bicyclic) bond motifs is 9. The van der Waals surface area contributed by atoms with Gasteiger partial charge in [-0.05, 0) is 97.0 Å². The van der Waals surface area contributed by atoms with Crippen molar-refractivity contribution in [3.8, 4) is 22.3 Å².